The predicted molar refractivity (Wildman–Crippen MR) is 126 cm³/mol. The third-order valence-corrected chi connectivity index (χ3v) is 6.63. The molecule has 0 aromatic heterocycles. The lowest BCUT2D eigenvalue weighted by Gasteiger charge is -2.31. The maximum atomic E-state index is 12.8. The molecule has 2 aliphatic rings. The van der Waals surface area contributed by atoms with Crippen LogP contribution in [0, 0.1) is 5.92 Å². The number of ether oxygens (including phenoxy) is 1. The molecule has 2 atom stereocenters. The van der Waals surface area contributed by atoms with Crippen LogP contribution in [0.2, 0.25) is 0 Å². The Labute approximate surface area is 190 Å². The third kappa shape index (κ3) is 5.23. The number of carbonyl (C=O) groups excluding carboxylic acids is 2. The summed E-state index contributed by atoms with van der Waals surface area (Å²) in [7, 11) is 1.60. The Hall–Kier alpha value is -3.02. The molecule has 1 saturated carbocycles. The molecule has 170 valence electrons. The first-order chi connectivity index (χ1) is 15.7. The van der Waals surface area contributed by atoms with Crippen molar-refractivity contribution in [1.29, 1.82) is 0 Å². The fourth-order valence-corrected chi connectivity index (χ4v) is 4.90. The third-order valence-electron chi connectivity index (χ3n) is 6.63. The topological polar surface area (TPSA) is 70.7 Å². The number of benzene rings is 2. The van der Waals surface area contributed by atoms with Crippen molar-refractivity contribution in [2.75, 3.05) is 31.6 Å². The van der Waals surface area contributed by atoms with E-state index in [9.17, 15) is 9.59 Å². The number of anilines is 1. The van der Waals surface area contributed by atoms with Gasteiger partial charge in [0.25, 0.3) is 5.91 Å². The van der Waals surface area contributed by atoms with E-state index in [2.05, 4.69) is 39.8 Å². The second kappa shape index (κ2) is 10.5. The van der Waals surface area contributed by atoms with E-state index in [1.807, 2.05) is 0 Å². The number of carbonyl (C=O) groups is 2. The summed E-state index contributed by atoms with van der Waals surface area (Å²) in [5.41, 5.74) is 3.34. The number of fused-ring (bicyclic) bond motifs is 1. The summed E-state index contributed by atoms with van der Waals surface area (Å²) >= 11 is 0. The number of methoxy groups -OCH3 is 1. The van der Waals surface area contributed by atoms with Crippen molar-refractivity contribution < 1.29 is 14.3 Å². The second-order valence-corrected chi connectivity index (χ2v) is 8.71. The van der Waals surface area contributed by atoms with Crippen molar-refractivity contribution in [3.05, 3.63) is 59.7 Å². The van der Waals surface area contributed by atoms with Crippen LogP contribution in [0.15, 0.2) is 48.5 Å². The van der Waals surface area contributed by atoms with E-state index in [0.717, 1.165) is 45.2 Å². The number of rotatable bonds is 8. The van der Waals surface area contributed by atoms with Gasteiger partial charge in [-0.15, -0.1) is 0 Å². The van der Waals surface area contributed by atoms with Gasteiger partial charge in [0.2, 0.25) is 5.91 Å². The van der Waals surface area contributed by atoms with E-state index in [4.69, 9.17) is 4.74 Å². The lowest BCUT2D eigenvalue weighted by atomic mass is 10.0. The minimum absolute atomic E-state index is 0.0570. The minimum atomic E-state index is -0.159. The molecule has 2 N–H and O–H groups in total. The summed E-state index contributed by atoms with van der Waals surface area (Å²) in [5.74, 6) is 0.475. The van der Waals surface area contributed by atoms with Crippen molar-refractivity contribution >= 4 is 17.5 Å². The van der Waals surface area contributed by atoms with Crippen LogP contribution in [0.4, 0.5) is 5.69 Å². The van der Waals surface area contributed by atoms with E-state index >= 15 is 0 Å². The van der Waals surface area contributed by atoms with Crippen LogP contribution in [-0.2, 0) is 11.2 Å². The van der Waals surface area contributed by atoms with Gasteiger partial charge in [-0.05, 0) is 68.0 Å². The number of aryl methyl sites for hydroxylation is 1. The lowest BCUT2D eigenvalue weighted by Crippen LogP contribution is -2.44. The molecule has 0 spiro atoms. The molecular weight excluding hydrogens is 402 g/mol. The van der Waals surface area contributed by atoms with Gasteiger partial charge < -0.3 is 20.3 Å². The summed E-state index contributed by atoms with van der Waals surface area (Å²) in [5, 5.41) is 6.18. The smallest absolute Gasteiger partial charge is 0.251 e. The van der Waals surface area contributed by atoms with Gasteiger partial charge in [0, 0.05) is 36.9 Å². The number of nitrogens with zero attached hydrogens (tertiary/aromatic N) is 1. The Bertz CT molecular complexity index is 928. The number of hydrogen-bond donors (Lipinski definition) is 2. The van der Waals surface area contributed by atoms with E-state index in [0.29, 0.717) is 17.9 Å². The molecule has 32 heavy (non-hydrogen) atoms. The first-order valence-electron chi connectivity index (χ1n) is 11.7. The second-order valence-electron chi connectivity index (χ2n) is 8.71. The molecule has 2 aromatic carbocycles. The molecule has 1 fully saturated rings. The zero-order chi connectivity index (χ0) is 22.3. The van der Waals surface area contributed by atoms with Crippen molar-refractivity contribution in [3.8, 4) is 5.75 Å². The molecule has 1 aliphatic carbocycles. The monoisotopic (exact) mass is 435 g/mol. The van der Waals surface area contributed by atoms with Crippen LogP contribution in [-0.4, -0.2) is 44.6 Å². The quantitative estimate of drug-likeness (QED) is 0.622. The van der Waals surface area contributed by atoms with Gasteiger partial charge in [0.1, 0.15) is 5.75 Å². The molecule has 6 nitrogen and oxygen atoms in total. The Balaban J connectivity index is 1.24. The lowest BCUT2D eigenvalue weighted by molar-refractivity contribution is -0.125. The van der Waals surface area contributed by atoms with Crippen LogP contribution < -0.4 is 20.3 Å². The highest BCUT2D eigenvalue weighted by Crippen LogP contribution is 2.27. The minimum Gasteiger partial charge on any atom is -0.497 e. The Morgan fingerprint density at radius 1 is 1.06 bits per heavy atom. The van der Waals surface area contributed by atoms with Crippen LogP contribution in [0.3, 0.4) is 0 Å². The number of amides is 2. The van der Waals surface area contributed by atoms with E-state index in [-0.39, 0.29) is 23.8 Å². The summed E-state index contributed by atoms with van der Waals surface area (Å²) in [4.78, 5) is 27.9. The SMILES string of the molecule is COc1ccc(C(=O)N[C@@H]2CCC[C@@H]2C(=O)NCCCN2CCCc3ccccc32)cc1. The zero-order valence-electron chi connectivity index (χ0n) is 18.8. The first-order valence-corrected chi connectivity index (χ1v) is 11.7. The number of nitrogens with one attached hydrogen (secondary N) is 2. The molecule has 4 rings (SSSR count). The van der Waals surface area contributed by atoms with Crippen molar-refractivity contribution in [1.82, 2.24) is 10.6 Å². The molecule has 6 heteroatoms. The molecule has 2 aromatic rings. The van der Waals surface area contributed by atoms with Gasteiger partial charge >= 0.3 is 0 Å². The van der Waals surface area contributed by atoms with Crippen molar-refractivity contribution in [2.24, 2.45) is 5.92 Å². The van der Waals surface area contributed by atoms with E-state index in [1.54, 1.807) is 31.4 Å². The molecular formula is C26H33N3O3. The van der Waals surface area contributed by atoms with E-state index < -0.39 is 0 Å². The van der Waals surface area contributed by atoms with Crippen molar-refractivity contribution in [3.63, 3.8) is 0 Å². The fraction of sp³-hybridized carbons (Fsp3) is 0.462. The van der Waals surface area contributed by atoms with Gasteiger partial charge in [0.15, 0.2) is 0 Å². The van der Waals surface area contributed by atoms with Crippen molar-refractivity contribution in [2.45, 2.75) is 44.6 Å². The van der Waals surface area contributed by atoms with Crippen LogP contribution >= 0.6 is 0 Å². The molecule has 0 bridgehead atoms. The summed E-state index contributed by atoms with van der Waals surface area (Å²) in [6.45, 7) is 2.68. The molecule has 2 amide bonds. The normalized spacial score (nSPS) is 19.8. The van der Waals surface area contributed by atoms with Gasteiger partial charge in [-0.2, -0.15) is 0 Å². The van der Waals surface area contributed by atoms with Crippen LogP contribution in [0.5, 0.6) is 5.75 Å². The average molecular weight is 436 g/mol. The average Bonchev–Trinajstić information content (AvgIpc) is 3.30. The number of hydrogen-bond acceptors (Lipinski definition) is 4. The van der Waals surface area contributed by atoms with Gasteiger partial charge in [0.05, 0.1) is 13.0 Å². The van der Waals surface area contributed by atoms with Crippen LogP contribution in [0.25, 0.3) is 0 Å². The largest absolute Gasteiger partial charge is 0.497 e. The predicted octanol–water partition coefficient (Wildman–Crippen LogP) is 3.55. The van der Waals surface area contributed by atoms with Gasteiger partial charge in [-0.3, -0.25) is 9.59 Å². The Kier molecular flexibility index (Phi) is 7.30. The summed E-state index contributed by atoms with van der Waals surface area (Å²) in [6, 6.07) is 15.5. The van der Waals surface area contributed by atoms with E-state index in [1.165, 1.54) is 17.7 Å². The Morgan fingerprint density at radius 3 is 2.69 bits per heavy atom. The Morgan fingerprint density at radius 2 is 1.88 bits per heavy atom. The zero-order valence-corrected chi connectivity index (χ0v) is 18.8. The first kappa shape index (κ1) is 22.2. The molecule has 0 unspecified atom stereocenters. The van der Waals surface area contributed by atoms with Gasteiger partial charge in [-0.25, -0.2) is 0 Å². The molecule has 1 aliphatic heterocycles. The standard InChI is InChI=1S/C26H33N3O3/c1-32-21-14-12-20(13-15-21)25(30)28-23-10-4-9-22(23)26(31)27-16-6-18-29-17-5-8-19-7-2-3-11-24(19)29/h2-3,7,11-15,22-23H,4-6,8-10,16-18H2,1H3,(H,27,31)(H,28,30)/t22-,23+/m0/s1. The highest BCUT2D eigenvalue weighted by Gasteiger charge is 2.34. The highest BCUT2D eigenvalue weighted by atomic mass is 16.5. The molecule has 0 radical (unpaired) electrons. The molecule has 0 saturated heterocycles. The highest BCUT2D eigenvalue weighted by molar-refractivity contribution is 5.95. The fourth-order valence-electron chi connectivity index (χ4n) is 4.90. The summed E-state index contributed by atoms with van der Waals surface area (Å²) < 4.78 is 5.15. The maximum absolute atomic E-state index is 12.8. The van der Waals surface area contributed by atoms with Gasteiger partial charge in [-0.1, -0.05) is 24.6 Å². The maximum Gasteiger partial charge on any atom is 0.251 e. The van der Waals surface area contributed by atoms with Crippen LogP contribution in [0.1, 0.15) is 48.0 Å². The number of para-hydroxylation sites is 1. The summed E-state index contributed by atoms with van der Waals surface area (Å²) in [6.07, 6.45) is 5.85. The molecule has 1 heterocycles.